The molecular formula is C24H26ClN7O2. The van der Waals surface area contributed by atoms with E-state index < -0.39 is 0 Å². The molecule has 1 aliphatic rings. The van der Waals surface area contributed by atoms with E-state index in [-0.39, 0.29) is 11.8 Å². The van der Waals surface area contributed by atoms with Crippen molar-refractivity contribution in [2.45, 2.75) is 20.8 Å². The molecule has 1 aliphatic heterocycles. The summed E-state index contributed by atoms with van der Waals surface area (Å²) in [6.07, 6.45) is 1.59. The van der Waals surface area contributed by atoms with Crippen LogP contribution in [0.3, 0.4) is 0 Å². The van der Waals surface area contributed by atoms with E-state index in [0.717, 1.165) is 36.0 Å². The lowest BCUT2D eigenvalue weighted by Gasteiger charge is -2.37. The van der Waals surface area contributed by atoms with E-state index in [4.69, 9.17) is 16.0 Å². The lowest BCUT2D eigenvalue weighted by Crippen LogP contribution is -2.50. The zero-order valence-electron chi connectivity index (χ0n) is 19.3. The molecule has 176 valence electrons. The molecule has 3 aromatic heterocycles. The predicted octanol–water partition coefficient (Wildman–Crippen LogP) is 4.39. The maximum Gasteiger partial charge on any atom is 0.255 e. The Morgan fingerprint density at radius 1 is 1.12 bits per heavy atom. The molecule has 0 atom stereocenters. The summed E-state index contributed by atoms with van der Waals surface area (Å²) in [7, 11) is 0. The average Bonchev–Trinajstić information content (AvgIpc) is 3.49. The number of nitrogens with one attached hydrogen (secondary N) is 1. The van der Waals surface area contributed by atoms with Crippen LogP contribution < -0.4 is 10.2 Å². The van der Waals surface area contributed by atoms with Crippen LogP contribution in [0, 0.1) is 12.8 Å². The number of halogens is 1. The molecule has 1 aromatic carbocycles. The van der Waals surface area contributed by atoms with Gasteiger partial charge in [0.15, 0.2) is 5.76 Å². The molecule has 1 saturated heterocycles. The van der Waals surface area contributed by atoms with Crippen LogP contribution in [-0.4, -0.2) is 56.6 Å². The predicted molar refractivity (Wildman–Crippen MR) is 132 cm³/mol. The van der Waals surface area contributed by atoms with E-state index in [1.54, 1.807) is 16.8 Å². The third-order valence-electron chi connectivity index (χ3n) is 5.83. The second-order valence-corrected chi connectivity index (χ2v) is 9.07. The summed E-state index contributed by atoms with van der Waals surface area (Å²) in [6, 6.07) is 11.4. The van der Waals surface area contributed by atoms with E-state index >= 15 is 0 Å². The molecule has 4 heterocycles. The van der Waals surface area contributed by atoms with Gasteiger partial charge in [-0.15, -0.1) is 5.10 Å². The number of anilines is 3. The van der Waals surface area contributed by atoms with E-state index in [9.17, 15) is 4.79 Å². The monoisotopic (exact) mass is 479 g/mol. The number of piperazine rings is 1. The van der Waals surface area contributed by atoms with E-state index in [1.165, 1.54) is 0 Å². The minimum absolute atomic E-state index is 0.0175. The SMILES string of the molecule is Cc1cc(Nc2ccc(N3CCN(C(=O)C(C)C)CC3)c(Cl)c2)n2nc(-c3ccco3)nc2n1. The number of furan rings is 1. The second-order valence-electron chi connectivity index (χ2n) is 8.67. The number of hydrogen-bond donors (Lipinski definition) is 1. The fraction of sp³-hybridized carbons (Fsp3) is 0.333. The van der Waals surface area contributed by atoms with Crippen molar-refractivity contribution in [1.29, 1.82) is 0 Å². The van der Waals surface area contributed by atoms with Crippen LogP contribution in [-0.2, 0) is 4.79 Å². The molecule has 0 radical (unpaired) electrons. The summed E-state index contributed by atoms with van der Waals surface area (Å²) in [5, 5.41) is 8.58. The topological polar surface area (TPSA) is 91.8 Å². The van der Waals surface area contributed by atoms with Crippen molar-refractivity contribution in [2.75, 3.05) is 36.4 Å². The Morgan fingerprint density at radius 3 is 2.59 bits per heavy atom. The summed E-state index contributed by atoms with van der Waals surface area (Å²) in [4.78, 5) is 25.4. The number of carbonyl (C=O) groups is 1. The molecule has 0 bridgehead atoms. The lowest BCUT2D eigenvalue weighted by atomic mass is 10.1. The molecule has 1 amide bonds. The van der Waals surface area contributed by atoms with Crippen molar-refractivity contribution in [3.63, 3.8) is 0 Å². The molecule has 0 saturated carbocycles. The van der Waals surface area contributed by atoms with Gasteiger partial charge >= 0.3 is 0 Å². The van der Waals surface area contributed by atoms with Gasteiger partial charge in [0.1, 0.15) is 5.82 Å². The summed E-state index contributed by atoms with van der Waals surface area (Å²) >= 11 is 6.68. The first kappa shape index (κ1) is 22.2. The molecule has 0 aliphatic carbocycles. The van der Waals surface area contributed by atoms with Crippen LogP contribution in [0.2, 0.25) is 5.02 Å². The maximum atomic E-state index is 12.3. The third kappa shape index (κ3) is 4.31. The summed E-state index contributed by atoms with van der Waals surface area (Å²) in [5.74, 6) is 2.46. The van der Waals surface area contributed by atoms with Gasteiger partial charge in [0, 0.05) is 49.5 Å². The number of nitrogens with zero attached hydrogens (tertiary/aromatic N) is 6. The molecule has 5 rings (SSSR count). The smallest absolute Gasteiger partial charge is 0.255 e. The highest BCUT2D eigenvalue weighted by molar-refractivity contribution is 6.33. The zero-order chi connectivity index (χ0) is 23.8. The van der Waals surface area contributed by atoms with Crippen molar-refractivity contribution in [3.05, 3.63) is 53.4 Å². The van der Waals surface area contributed by atoms with Gasteiger partial charge in [-0.3, -0.25) is 4.79 Å². The van der Waals surface area contributed by atoms with Crippen molar-refractivity contribution in [2.24, 2.45) is 5.92 Å². The van der Waals surface area contributed by atoms with Crippen LogP contribution in [0.15, 0.2) is 47.1 Å². The average molecular weight is 480 g/mol. The summed E-state index contributed by atoms with van der Waals surface area (Å²) in [6.45, 7) is 8.69. The Bertz CT molecular complexity index is 1320. The van der Waals surface area contributed by atoms with E-state index in [1.807, 2.05) is 56.0 Å². The normalized spacial score (nSPS) is 14.3. The second kappa shape index (κ2) is 8.98. The van der Waals surface area contributed by atoms with Crippen molar-refractivity contribution >= 4 is 40.5 Å². The molecule has 0 spiro atoms. The number of carbonyl (C=O) groups excluding carboxylic acids is 1. The molecule has 34 heavy (non-hydrogen) atoms. The van der Waals surface area contributed by atoms with Crippen LogP contribution >= 0.6 is 11.6 Å². The molecular weight excluding hydrogens is 454 g/mol. The number of aryl methyl sites for hydroxylation is 1. The van der Waals surface area contributed by atoms with Crippen LogP contribution in [0.4, 0.5) is 17.2 Å². The Kier molecular flexibility index (Phi) is 5.87. The van der Waals surface area contributed by atoms with Gasteiger partial charge in [-0.05, 0) is 37.3 Å². The summed E-state index contributed by atoms with van der Waals surface area (Å²) < 4.78 is 7.08. The Labute approximate surface area is 202 Å². The first-order chi connectivity index (χ1) is 16.4. The number of fused-ring (bicyclic) bond motifs is 1. The van der Waals surface area contributed by atoms with Gasteiger partial charge in [0.2, 0.25) is 11.7 Å². The van der Waals surface area contributed by atoms with Gasteiger partial charge in [-0.2, -0.15) is 9.50 Å². The Hall–Kier alpha value is -3.59. The standard InChI is InChI=1S/C24H26ClN7O2/c1-15(2)23(33)31-10-8-30(9-11-31)19-7-6-17(14-18(19)25)27-21-13-16(3)26-24-28-22(29-32(21)24)20-5-4-12-34-20/h4-7,12-15,27H,8-11H2,1-3H3. The largest absolute Gasteiger partial charge is 0.461 e. The molecule has 1 N–H and O–H groups in total. The quantitative estimate of drug-likeness (QED) is 0.453. The van der Waals surface area contributed by atoms with Gasteiger partial charge in [0.25, 0.3) is 5.78 Å². The third-order valence-corrected chi connectivity index (χ3v) is 6.13. The van der Waals surface area contributed by atoms with Crippen molar-refractivity contribution < 1.29 is 9.21 Å². The first-order valence-corrected chi connectivity index (χ1v) is 11.7. The highest BCUT2D eigenvalue weighted by atomic mass is 35.5. The minimum Gasteiger partial charge on any atom is -0.461 e. The molecule has 10 heteroatoms. The van der Waals surface area contributed by atoms with E-state index in [0.29, 0.717) is 35.5 Å². The van der Waals surface area contributed by atoms with Crippen LogP contribution in [0.25, 0.3) is 17.4 Å². The molecule has 0 unspecified atom stereocenters. The lowest BCUT2D eigenvalue weighted by molar-refractivity contribution is -0.134. The number of benzene rings is 1. The molecule has 1 fully saturated rings. The number of rotatable bonds is 5. The van der Waals surface area contributed by atoms with Gasteiger partial charge < -0.3 is 19.5 Å². The molecule has 4 aromatic rings. The van der Waals surface area contributed by atoms with E-state index in [2.05, 4.69) is 25.3 Å². The zero-order valence-corrected chi connectivity index (χ0v) is 20.1. The van der Waals surface area contributed by atoms with Gasteiger partial charge in [0.05, 0.1) is 17.0 Å². The molecule has 9 nitrogen and oxygen atoms in total. The number of amides is 1. The maximum absolute atomic E-state index is 12.3. The first-order valence-electron chi connectivity index (χ1n) is 11.3. The van der Waals surface area contributed by atoms with Crippen LogP contribution in [0.5, 0.6) is 0 Å². The fourth-order valence-corrected chi connectivity index (χ4v) is 4.41. The van der Waals surface area contributed by atoms with Gasteiger partial charge in [-0.1, -0.05) is 25.4 Å². The van der Waals surface area contributed by atoms with Gasteiger partial charge in [-0.25, -0.2) is 4.98 Å². The number of aromatic nitrogens is 4. The van der Waals surface area contributed by atoms with Crippen LogP contribution in [0.1, 0.15) is 19.5 Å². The Balaban J connectivity index is 1.35. The van der Waals surface area contributed by atoms with Crippen molar-refractivity contribution in [3.8, 4) is 11.6 Å². The minimum atomic E-state index is 0.0175. The Morgan fingerprint density at radius 2 is 1.91 bits per heavy atom. The highest BCUT2D eigenvalue weighted by Gasteiger charge is 2.24. The number of hydrogen-bond acceptors (Lipinski definition) is 7. The van der Waals surface area contributed by atoms with Crippen molar-refractivity contribution in [1.82, 2.24) is 24.5 Å². The summed E-state index contributed by atoms with van der Waals surface area (Å²) in [5.41, 5.74) is 2.59. The highest BCUT2D eigenvalue weighted by Crippen LogP contribution is 2.31. The fourth-order valence-electron chi connectivity index (χ4n) is 4.11.